The number of benzene rings is 1. The second kappa shape index (κ2) is 9.86. The van der Waals surface area contributed by atoms with E-state index in [0.717, 1.165) is 6.07 Å². The van der Waals surface area contributed by atoms with Crippen molar-refractivity contribution in [3.05, 3.63) is 46.2 Å². The molecule has 0 saturated heterocycles. The summed E-state index contributed by atoms with van der Waals surface area (Å²) in [5.74, 6) is -10.8. The molecule has 4 rings (SSSR count). The second-order valence-corrected chi connectivity index (χ2v) is 9.02. The number of nitrogens with two attached hydrogens (primary N) is 1. The maximum atomic E-state index is 13.6. The molecule has 0 bridgehead atoms. The van der Waals surface area contributed by atoms with Crippen LogP contribution in [0.3, 0.4) is 0 Å². The van der Waals surface area contributed by atoms with Gasteiger partial charge >= 0.3 is 75.5 Å². The van der Waals surface area contributed by atoms with Crippen molar-refractivity contribution in [1.82, 2.24) is 4.90 Å². The molecule has 3 aliphatic carbocycles. The number of aromatic hydroxyl groups is 1. The van der Waals surface area contributed by atoms with Crippen molar-refractivity contribution < 1.29 is 45.0 Å². The summed E-state index contributed by atoms with van der Waals surface area (Å²) in [5.41, 5.74) is -2.53. The molecule has 0 spiro atoms. The average Bonchev–Trinajstić information content (AvgIpc) is 2.70. The Kier molecular flexibility index (Phi) is 8.59. The van der Waals surface area contributed by atoms with Gasteiger partial charge in [0.2, 0.25) is 0 Å². The van der Waals surface area contributed by atoms with Crippen molar-refractivity contribution in [3.8, 4) is 5.75 Å². The number of phenolic OH excluding ortho intramolecular Hbond substituents is 1. The number of primary amides is 1. The van der Waals surface area contributed by atoms with E-state index in [1.165, 1.54) is 38.1 Å². The summed E-state index contributed by atoms with van der Waals surface area (Å²) in [5, 5.41) is 70.8. The number of rotatable bonds is 2. The molecule has 35 heavy (non-hydrogen) atoms. The third-order valence-corrected chi connectivity index (χ3v) is 6.99. The number of nitrogens with zero attached hydrogens (tertiary/aromatic N) is 1. The standard InChI is InChI=1S/C22H24N2O9.2Ca/c1-21(32)7-5-4-6-8(25)9(7)15(26)10-12(21)17(28)13-14(24(2)3)16(27)11(20(23)31)19(30)22(13,33)18(10)29;;/h4-6,12-14,17,25-26,28,30,32-33H,1-3H3,(H2,23,31);;/q;2*+2/p-2/t12-,13-,14+,17+,21-,22+;;/m1../s1. The van der Waals surface area contributed by atoms with Crippen LogP contribution in [-0.4, -0.2) is 150 Å². The topological polar surface area (TPSA) is 208 Å². The van der Waals surface area contributed by atoms with Crippen molar-refractivity contribution in [2.45, 2.75) is 30.3 Å². The van der Waals surface area contributed by atoms with Gasteiger partial charge in [0.05, 0.1) is 23.3 Å². The molecule has 6 atom stereocenters. The summed E-state index contributed by atoms with van der Waals surface area (Å²) >= 11 is 0. The van der Waals surface area contributed by atoms with Crippen LogP contribution < -0.4 is 15.9 Å². The predicted octanol–water partition coefficient (Wildman–Crippen LogP) is -4.56. The van der Waals surface area contributed by atoms with E-state index in [9.17, 15) is 45.0 Å². The van der Waals surface area contributed by atoms with Gasteiger partial charge in [-0.05, 0) is 32.6 Å². The molecule has 13 heteroatoms. The number of carbonyl (C=O) groups is 3. The van der Waals surface area contributed by atoms with E-state index in [0.29, 0.717) is 0 Å². The Balaban J connectivity index is 0.00000216. The fourth-order valence-electron chi connectivity index (χ4n) is 5.56. The molecular formula is C22H22Ca2N2O9+2. The zero-order chi connectivity index (χ0) is 24.8. The number of carbonyl (C=O) groups excluding carboxylic acids is 3. The first kappa shape index (κ1) is 30.5. The van der Waals surface area contributed by atoms with Gasteiger partial charge in [-0.3, -0.25) is 19.3 Å². The predicted molar refractivity (Wildman–Crippen MR) is 118 cm³/mol. The summed E-state index contributed by atoms with van der Waals surface area (Å²) in [6.45, 7) is 1.21. The number of aliphatic hydroxyl groups excluding tert-OH is 1. The summed E-state index contributed by atoms with van der Waals surface area (Å²) in [7, 11) is 2.73. The molecular weight excluding hydrogens is 516 g/mol. The number of ketones is 2. The third-order valence-electron chi connectivity index (χ3n) is 6.99. The molecule has 1 aromatic rings. The van der Waals surface area contributed by atoms with Gasteiger partial charge in [-0.1, -0.05) is 23.7 Å². The Hall–Kier alpha value is -0.731. The van der Waals surface area contributed by atoms with E-state index in [-0.39, 0.29) is 81.0 Å². The van der Waals surface area contributed by atoms with E-state index in [1.54, 1.807) is 0 Å². The third kappa shape index (κ3) is 3.91. The van der Waals surface area contributed by atoms with Gasteiger partial charge in [-0.2, -0.15) is 0 Å². The summed E-state index contributed by atoms with van der Waals surface area (Å²) in [6.07, 6.45) is -1.95. The number of Topliss-reactive ketones (excluding diaryl/α,β-unsaturated/α-hetero) is 2. The minimum atomic E-state index is -3.17. The molecule has 176 valence electrons. The smallest absolute Gasteiger partial charge is 0.873 e. The van der Waals surface area contributed by atoms with Crippen molar-refractivity contribution in [2.75, 3.05) is 14.1 Å². The van der Waals surface area contributed by atoms with E-state index in [4.69, 9.17) is 5.73 Å². The summed E-state index contributed by atoms with van der Waals surface area (Å²) in [4.78, 5) is 39.7. The maximum Gasteiger partial charge on any atom is 2.00 e. The van der Waals surface area contributed by atoms with Crippen LogP contribution in [0.1, 0.15) is 18.1 Å². The van der Waals surface area contributed by atoms with Gasteiger partial charge < -0.3 is 36.4 Å². The number of hydrogen-bond donors (Lipinski definition) is 5. The molecule has 0 radical (unpaired) electrons. The van der Waals surface area contributed by atoms with E-state index in [1.807, 2.05) is 0 Å². The molecule has 0 heterocycles. The molecule has 0 unspecified atom stereocenters. The monoisotopic (exact) mass is 538 g/mol. The van der Waals surface area contributed by atoms with Crippen LogP contribution in [0.4, 0.5) is 0 Å². The summed E-state index contributed by atoms with van der Waals surface area (Å²) in [6, 6.07) is 2.30. The van der Waals surface area contributed by atoms with Gasteiger partial charge in [0, 0.05) is 23.0 Å². The van der Waals surface area contributed by atoms with Crippen molar-refractivity contribution in [1.29, 1.82) is 0 Å². The zero-order valence-corrected chi connectivity index (χ0v) is 23.7. The number of amides is 1. The summed E-state index contributed by atoms with van der Waals surface area (Å²) < 4.78 is 0. The molecule has 6 N–H and O–H groups in total. The van der Waals surface area contributed by atoms with Crippen molar-refractivity contribution in [3.63, 3.8) is 0 Å². The second-order valence-electron chi connectivity index (χ2n) is 9.02. The normalized spacial score (nSPS) is 33.9. The number of aliphatic hydroxyl groups is 3. The van der Waals surface area contributed by atoms with Gasteiger partial charge in [-0.25, -0.2) is 0 Å². The minimum absolute atomic E-state index is 0. The van der Waals surface area contributed by atoms with Crippen LogP contribution >= 0.6 is 0 Å². The minimum Gasteiger partial charge on any atom is -0.873 e. The molecule has 1 amide bonds. The van der Waals surface area contributed by atoms with E-state index < -0.39 is 86.6 Å². The fourth-order valence-corrected chi connectivity index (χ4v) is 5.56. The van der Waals surface area contributed by atoms with Crippen LogP contribution in [0.15, 0.2) is 35.1 Å². The Bertz CT molecular complexity index is 1190. The van der Waals surface area contributed by atoms with Crippen LogP contribution in [0, 0.1) is 11.8 Å². The van der Waals surface area contributed by atoms with Gasteiger partial charge in [0.15, 0.2) is 11.6 Å². The molecule has 1 saturated carbocycles. The van der Waals surface area contributed by atoms with E-state index >= 15 is 0 Å². The number of phenols is 1. The first-order chi connectivity index (χ1) is 15.2. The number of hydrogen-bond acceptors (Lipinski definition) is 10. The largest absolute Gasteiger partial charge is 2.00 e. The van der Waals surface area contributed by atoms with Crippen LogP contribution in [0.25, 0.3) is 5.76 Å². The van der Waals surface area contributed by atoms with Crippen molar-refractivity contribution >= 4 is 98.7 Å². The Morgan fingerprint density at radius 2 is 1.71 bits per heavy atom. The SMILES string of the molecule is CN(C)[C@@H]1C(=O)C(C(N)=O)=C([O-])[C@@]2(O)C(=O)C3=C([O-])c4c(O)cccc4[C@@](C)(O)[C@H]3[C@H](O)[C@@H]12.[Ca+2].[Ca+2]. The average molecular weight is 539 g/mol. The first-order valence-electron chi connectivity index (χ1n) is 10.0. The van der Waals surface area contributed by atoms with Crippen LogP contribution in [0.5, 0.6) is 5.75 Å². The molecule has 11 nitrogen and oxygen atoms in total. The van der Waals surface area contributed by atoms with Crippen molar-refractivity contribution in [2.24, 2.45) is 17.6 Å². The molecule has 0 aliphatic heterocycles. The molecule has 3 aliphatic rings. The Labute approximate surface area is 259 Å². The fraction of sp³-hybridized carbons (Fsp3) is 0.409. The Morgan fingerprint density at radius 3 is 2.23 bits per heavy atom. The molecule has 1 fully saturated rings. The van der Waals surface area contributed by atoms with Crippen LogP contribution in [-0.2, 0) is 20.0 Å². The zero-order valence-electron chi connectivity index (χ0n) is 19.3. The maximum absolute atomic E-state index is 13.6. The number of fused-ring (bicyclic) bond motifs is 3. The van der Waals surface area contributed by atoms with E-state index in [2.05, 4.69) is 0 Å². The number of likely N-dealkylation sites (N-methyl/N-ethyl adjacent to an activating group) is 1. The van der Waals surface area contributed by atoms with Gasteiger partial charge in [0.25, 0.3) is 5.91 Å². The molecule has 1 aromatic carbocycles. The quantitative estimate of drug-likeness (QED) is 0.180. The van der Waals surface area contributed by atoms with Crippen LogP contribution in [0.2, 0.25) is 0 Å². The Morgan fingerprint density at radius 1 is 1.14 bits per heavy atom. The first-order valence-corrected chi connectivity index (χ1v) is 10.0. The molecule has 0 aromatic heterocycles. The van der Waals surface area contributed by atoms with Gasteiger partial charge in [0.1, 0.15) is 11.4 Å². The van der Waals surface area contributed by atoms with Gasteiger partial charge in [-0.15, -0.1) is 0 Å².